The lowest BCUT2D eigenvalue weighted by Gasteiger charge is -2.05. The van der Waals surface area contributed by atoms with Gasteiger partial charge in [-0.1, -0.05) is 31.5 Å². The zero-order chi connectivity index (χ0) is 13.1. The third-order valence-corrected chi connectivity index (χ3v) is 3.73. The predicted octanol–water partition coefficient (Wildman–Crippen LogP) is 3.57. The van der Waals surface area contributed by atoms with Gasteiger partial charge >= 0.3 is 0 Å². The van der Waals surface area contributed by atoms with Gasteiger partial charge in [-0.25, -0.2) is 9.97 Å². The second-order valence-corrected chi connectivity index (χ2v) is 5.62. The van der Waals surface area contributed by atoms with Gasteiger partial charge in [0.25, 0.3) is 5.91 Å². The van der Waals surface area contributed by atoms with E-state index >= 15 is 0 Å². The van der Waals surface area contributed by atoms with Gasteiger partial charge in [0, 0.05) is 11.1 Å². The van der Waals surface area contributed by atoms with Gasteiger partial charge in [0.05, 0.1) is 0 Å². The van der Waals surface area contributed by atoms with Gasteiger partial charge < -0.3 is 5.32 Å². The third-order valence-electron chi connectivity index (χ3n) is 2.27. The summed E-state index contributed by atoms with van der Waals surface area (Å²) in [5, 5.41) is 2.70. The van der Waals surface area contributed by atoms with Gasteiger partial charge in [-0.2, -0.15) is 0 Å². The Labute approximate surface area is 114 Å². The Bertz CT molecular complexity index is 554. The van der Waals surface area contributed by atoms with Crippen molar-refractivity contribution in [3.8, 4) is 0 Å². The maximum Gasteiger partial charge on any atom is 0.276 e. The molecule has 1 amide bonds. The molecule has 0 radical (unpaired) electrons. The van der Waals surface area contributed by atoms with E-state index in [1.165, 1.54) is 11.3 Å². The Kier molecular flexibility index (Phi) is 3.93. The Morgan fingerprint density at radius 3 is 2.83 bits per heavy atom. The van der Waals surface area contributed by atoms with Crippen LogP contribution < -0.4 is 5.32 Å². The summed E-state index contributed by atoms with van der Waals surface area (Å²) >= 11 is 7.20. The van der Waals surface area contributed by atoms with Crippen molar-refractivity contribution in [2.24, 2.45) is 0 Å². The van der Waals surface area contributed by atoms with Crippen LogP contribution >= 0.6 is 22.9 Å². The number of carbonyl (C=O) groups excluding carboxylic acids is 1. The fraction of sp³-hybridized carbons (Fsp3) is 0.250. The summed E-state index contributed by atoms with van der Waals surface area (Å²) in [5.74, 6) is 0.432. The molecule has 0 aliphatic rings. The van der Waals surface area contributed by atoms with Crippen LogP contribution in [0.1, 0.15) is 35.1 Å². The Balaban J connectivity index is 2.24. The quantitative estimate of drug-likeness (QED) is 0.936. The van der Waals surface area contributed by atoms with E-state index in [0.29, 0.717) is 16.0 Å². The Hall–Kier alpha value is -1.46. The van der Waals surface area contributed by atoms with Crippen molar-refractivity contribution in [2.75, 3.05) is 5.32 Å². The average molecular weight is 282 g/mol. The number of rotatable bonds is 3. The van der Waals surface area contributed by atoms with Crippen LogP contribution in [0.2, 0.25) is 4.47 Å². The molecule has 0 aliphatic heterocycles. The zero-order valence-electron chi connectivity index (χ0n) is 9.98. The van der Waals surface area contributed by atoms with E-state index in [1.54, 1.807) is 24.4 Å². The van der Waals surface area contributed by atoms with Gasteiger partial charge in [0.1, 0.15) is 11.5 Å². The topological polar surface area (TPSA) is 54.9 Å². The summed E-state index contributed by atoms with van der Waals surface area (Å²) in [6.45, 7) is 4.00. The third kappa shape index (κ3) is 2.86. The Morgan fingerprint density at radius 1 is 1.44 bits per heavy atom. The van der Waals surface area contributed by atoms with E-state index in [1.807, 2.05) is 13.8 Å². The van der Waals surface area contributed by atoms with E-state index in [4.69, 9.17) is 11.6 Å². The number of anilines is 1. The molecule has 0 atom stereocenters. The molecule has 0 unspecified atom stereocenters. The minimum atomic E-state index is -0.277. The highest BCUT2D eigenvalue weighted by Crippen LogP contribution is 2.29. The summed E-state index contributed by atoms with van der Waals surface area (Å²) < 4.78 is 0.380. The number of nitrogens with one attached hydrogen (secondary N) is 1. The van der Waals surface area contributed by atoms with Crippen LogP contribution in [-0.2, 0) is 0 Å². The van der Waals surface area contributed by atoms with E-state index < -0.39 is 0 Å². The van der Waals surface area contributed by atoms with Crippen LogP contribution in [-0.4, -0.2) is 15.9 Å². The van der Waals surface area contributed by atoms with Crippen molar-refractivity contribution in [3.05, 3.63) is 39.4 Å². The highest BCUT2D eigenvalue weighted by atomic mass is 35.5. The molecule has 2 aromatic rings. The van der Waals surface area contributed by atoms with Crippen molar-refractivity contribution in [2.45, 2.75) is 19.8 Å². The molecule has 0 aliphatic carbocycles. The molecule has 0 bridgehead atoms. The highest BCUT2D eigenvalue weighted by molar-refractivity contribution is 7.16. The second-order valence-electron chi connectivity index (χ2n) is 4.00. The first-order chi connectivity index (χ1) is 8.58. The summed E-state index contributed by atoms with van der Waals surface area (Å²) in [6, 6.07) is 5.32. The van der Waals surface area contributed by atoms with Gasteiger partial charge in [-0.15, -0.1) is 11.3 Å². The molecule has 94 valence electrons. The summed E-state index contributed by atoms with van der Waals surface area (Å²) in [6.07, 6.45) is 1.62. The predicted molar refractivity (Wildman–Crippen MR) is 73.4 cm³/mol. The minimum absolute atomic E-state index is 0.208. The number of thiazole rings is 1. The molecule has 0 fully saturated rings. The van der Waals surface area contributed by atoms with E-state index in [-0.39, 0.29) is 11.8 Å². The number of halogens is 1. The Morgan fingerprint density at radius 2 is 2.22 bits per heavy atom. The van der Waals surface area contributed by atoms with Crippen molar-refractivity contribution < 1.29 is 4.79 Å². The van der Waals surface area contributed by atoms with Crippen LogP contribution in [0.15, 0.2) is 24.4 Å². The molecule has 2 heterocycles. The number of pyridine rings is 1. The zero-order valence-corrected chi connectivity index (χ0v) is 11.5. The van der Waals surface area contributed by atoms with Crippen LogP contribution in [0.25, 0.3) is 0 Å². The second kappa shape index (κ2) is 5.46. The van der Waals surface area contributed by atoms with Crippen molar-refractivity contribution >= 4 is 34.7 Å². The van der Waals surface area contributed by atoms with Gasteiger partial charge in [-0.05, 0) is 18.1 Å². The first-order valence-electron chi connectivity index (χ1n) is 5.46. The summed E-state index contributed by atoms with van der Waals surface area (Å²) in [4.78, 5) is 21.1. The van der Waals surface area contributed by atoms with Gasteiger partial charge in [-0.3, -0.25) is 4.79 Å². The lowest BCUT2D eigenvalue weighted by Crippen LogP contribution is -2.15. The lowest BCUT2D eigenvalue weighted by molar-refractivity contribution is 0.102. The van der Waals surface area contributed by atoms with Gasteiger partial charge in [0.2, 0.25) is 0 Å². The molecule has 0 spiro atoms. The molecule has 6 heteroatoms. The number of hydrogen-bond donors (Lipinski definition) is 1. The molecule has 0 aromatic carbocycles. The maximum absolute atomic E-state index is 12.1. The summed E-state index contributed by atoms with van der Waals surface area (Å²) in [7, 11) is 0. The van der Waals surface area contributed by atoms with E-state index in [0.717, 1.165) is 4.88 Å². The SMILES string of the molecule is CC(C)c1sc(Cl)nc1C(=O)Nc1ccccn1. The first-order valence-corrected chi connectivity index (χ1v) is 6.66. The fourth-order valence-corrected chi connectivity index (χ4v) is 2.59. The largest absolute Gasteiger partial charge is 0.305 e. The van der Waals surface area contributed by atoms with Crippen LogP contribution in [0.4, 0.5) is 5.82 Å². The smallest absolute Gasteiger partial charge is 0.276 e. The molecule has 1 N–H and O–H groups in total. The first kappa shape index (κ1) is 13.0. The molecular formula is C12H12ClN3OS. The molecule has 4 nitrogen and oxygen atoms in total. The van der Waals surface area contributed by atoms with Crippen LogP contribution in [0.5, 0.6) is 0 Å². The van der Waals surface area contributed by atoms with Crippen molar-refractivity contribution in [1.82, 2.24) is 9.97 Å². The maximum atomic E-state index is 12.1. The number of aromatic nitrogens is 2. The number of carbonyl (C=O) groups is 1. The van der Waals surface area contributed by atoms with Crippen LogP contribution in [0, 0.1) is 0 Å². The minimum Gasteiger partial charge on any atom is -0.305 e. The average Bonchev–Trinajstić information content (AvgIpc) is 2.73. The number of hydrogen-bond acceptors (Lipinski definition) is 4. The molecule has 0 saturated carbocycles. The monoisotopic (exact) mass is 281 g/mol. The molecular weight excluding hydrogens is 270 g/mol. The molecule has 18 heavy (non-hydrogen) atoms. The van der Waals surface area contributed by atoms with Crippen LogP contribution in [0.3, 0.4) is 0 Å². The standard InChI is InChI=1S/C12H12ClN3OS/c1-7(2)10-9(16-12(13)18-10)11(17)15-8-5-3-4-6-14-8/h3-7H,1-2H3,(H,14,15,17). The molecule has 2 rings (SSSR count). The highest BCUT2D eigenvalue weighted by Gasteiger charge is 2.20. The fourth-order valence-electron chi connectivity index (χ4n) is 1.47. The van der Waals surface area contributed by atoms with Crippen molar-refractivity contribution in [3.63, 3.8) is 0 Å². The number of amides is 1. The lowest BCUT2D eigenvalue weighted by atomic mass is 10.1. The normalized spacial score (nSPS) is 10.7. The molecule has 0 saturated heterocycles. The number of nitrogens with zero attached hydrogens (tertiary/aromatic N) is 2. The summed E-state index contributed by atoms with van der Waals surface area (Å²) in [5.41, 5.74) is 0.380. The van der Waals surface area contributed by atoms with Gasteiger partial charge in [0.15, 0.2) is 4.47 Å². The van der Waals surface area contributed by atoms with Crippen molar-refractivity contribution in [1.29, 1.82) is 0 Å². The van der Waals surface area contributed by atoms with E-state index in [2.05, 4.69) is 15.3 Å². The van der Waals surface area contributed by atoms with E-state index in [9.17, 15) is 4.79 Å². The molecule has 2 aromatic heterocycles.